The summed E-state index contributed by atoms with van der Waals surface area (Å²) in [5.74, 6) is 3.29. The van der Waals surface area contributed by atoms with Crippen molar-refractivity contribution in [3.63, 3.8) is 0 Å². The van der Waals surface area contributed by atoms with Crippen molar-refractivity contribution < 1.29 is 61.4 Å². The number of hydrogen-bond donors (Lipinski definition) is 2. The van der Waals surface area contributed by atoms with E-state index < -0.39 is 52.5 Å². The molecule has 300 valence electrons. The molecule has 0 radical (unpaired) electrons. The van der Waals surface area contributed by atoms with Gasteiger partial charge in [-0.1, -0.05) is 125 Å². The van der Waals surface area contributed by atoms with E-state index in [0.29, 0.717) is 22.6 Å². The van der Waals surface area contributed by atoms with Crippen LogP contribution < -0.4 is 9.47 Å². The molecule has 0 saturated carbocycles. The van der Waals surface area contributed by atoms with Crippen molar-refractivity contribution in [3.8, 4) is 34.5 Å². The minimum atomic E-state index is -0.826. The van der Waals surface area contributed by atoms with Gasteiger partial charge < -0.3 is 19.7 Å². The molecule has 0 spiro atoms. The SMILES string of the molecule is CN=Cc1cc(Oc2ccccc2)cc(C(C)(C)c2ccccc2)c1O.CN=Cc1cc(Oc2ccccc2)cc(C(C)(C)c2ccccc2)c1O.[Cl][Zr][Cl].[Cl][Zr][Cl]. The van der Waals surface area contributed by atoms with E-state index >= 15 is 0 Å². The Balaban J connectivity index is 0.000000273. The van der Waals surface area contributed by atoms with Gasteiger partial charge in [-0.3, -0.25) is 9.98 Å². The number of phenolic OH excluding ortho intramolecular Hbond substituents is 2. The number of halogens is 4. The Bertz CT molecular complexity index is 2020. The van der Waals surface area contributed by atoms with Crippen molar-refractivity contribution in [2.45, 2.75) is 38.5 Å². The van der Waals surface area contributed by atoms with Gasteiger partial charge in [-0.2, -0.15) is 0 Å². The van der Waals surface area contributed by atoms with Crippen molar-refractivity contribution in [2.75, 3.05) is 14.1 Å². The van der Waals surface area contributed by atoms with Gasteiger partial charge in [0.15, 0.2) is 0 Å². The second-order valence-corrected chi connectivity index (χ2v) is 21.0. The van der Waals surface area contributed by atoms with Crippen LogP contribution in [0.4, 0.5) is 0 Å². The fourth-order valence-electron chi connectivity index (χ4n) is 6.07. The van der Waals surface area contributed by atoms with E-state index in [1.54, 1.807) is 38.7 Å². The second-order valence-electron chi connectivity index (χ2n) is 13.5. The second kappa shape index (κ2) is 25.4. The molecular weight excluding hydrogens is 969 g/mol. The maximum atomic E-state index is 10.9. The van der Waals surface area contributed by atoms with Gasteiger partial charge in [0, 0.05) is 59.6 Å². The molecule has 6 rings (SSSR count). The molecular formula is C46H46Cl4N2O4Zr2. The van der Waals surface area contributed by atoms with Crippen molar-refractivity contribution in [1.82, 2.24) is 0 Å². The molecule has 2 N–H and O–H groups in total. The molecule has 0 aromatic heterocycles. The van der Waals surface area contributed by atoms with Crippen LogP contribution in [0, 0.1) is 0 Å². The third kappa shape index (κ3) is 14.5. The van der Waals surface area contributed by atoms with Crippen molar-refractivity contribution in [2.24, 2.45) is 9.98 Å². The summed E-state index contributed by atoms with van der Waals surface area (Å²) in [5.41, 5.74) is 4.33. The van der Waals surface area contributed by atoms with E-state index in [2.05, 4.69) is 61.9 Å². The van der Waals surface area contributed by atoms with Gasteiger partial charge in [0.2, 0.25) is 0 Å². The van der Waals surface area contributed by atoms with Gasteiger partial charge in [0.05, 0.1) is 0 Å². The molecule has 12 heteroatoms. The van der Waals surface area contributed by atoms with Crippen LogP contribution in [0.1, 0.15) is 61.1 Å². The van der Waals surface area contributed by atoms with Crippen LogP contribution in [0.25, 0.3) is 0 Å². The number of benzene rings is 6. The number of ether oxygens (including phenoxy) is 2. The van der Waals surface area contributed by atoms with Gasteiger partial charge in [0.25, 0.3) is 0 Å². The van der Waals surface area contributed by atoms with Crippen molar-refractivity contribution in [1.29, 1.82) is 0 Å². The normalized spacial score (nSPS) is 10.9. The van der Waals surface area contributed by atoms with Crippen LogP contribution in [0.15, 0.2) is 156 Å². The molecule has 0 bridgehead atoms. The first-order chi connectivity index (χ1) is 27.9. The molecule has 6 aromatic rings. The zero-order chi connectivity index (χ0) is 42.6. The molecule has 0 unspecified atom stereocenters. The van der Waals surface area contributed by atoms with E-state index in [1.807, 2.05) is 109 Å². The fourth-order valence-corrected chi connectivity index (χ4v) is 6.07. The number of aromatic hydroxyl groups is 2. The Hall–Kier alpha value is -3.21. The summed E-state index contributed by atoms with van der Waals surface area (Å²) < 4.78 is 12.0. The Labute approximate surface area is 380 Å². The molecule has 0 atom stereocenters. The van der Waals surface area contributed by atoms with Crippen molar-refractivity contribution in [3.05, 3.63) is 179 Å². The van der Waals surface area contributed by atoms with Gasteiger partial charge in [0.1, 0.15) is 34.5 Å². The Morgan fingerprint density at radius 1 is 0.466 bits per heavy atom. The molecule has 0 aliphatic carbocycles. The standard InChI is InChI=1S/2C23H23NO2.4ClH.2Zr/c2*1-23(2,18-10-6-4-7-11-18)21-15-20(14-17(16-24-3)22(21)25)26-19-12-8-5-9-13-19;;;;;;/h2*4-16,25H,1-3H3;4*1H;;/q;;;;;;2*+2/p-4. The Morgan fingerprint density at radius 3 is 1.02 bits per heavy atom. The summed E-state index contributed by atoms with van der Waals surface area (Å²) in [5, 5.41) is 21.7. The Morgan fingerprint density at radius 2 is 0.741 bits per heavy atom. The first kappa shape index (κ1) is 49.2. The summed E-state index contributed by atoms with van der Waals surface area (Å²) in [4.78, 5) is 8.14. The number of phenols is 2. The summed E-state index contributed by atoms with van der Waals surface area (Å²) in [6.45, 7) is 8.38. The molecule has 0 fully saturated rings. The Kier molecular flexibility index (Phi) is 21.5. The van der Waals surface area contributed by atoms with Crippen LogP contribution in [-0.4, -0.2) is 36.7 Å². The average molecular weight is 1020 g/mol. The van der Waals surface area contributed by atoms with Crippen LogP contribution >= 0.6 is 34.1 Å². The average Bonchev–Trinajstić information content (AvgIpc) is 3.22. The van der Waals surface area contributed by atoms with Gasteiger partial charge in [-0.05, 0) is 59.7 Å². The van der Waals surface area contributed by atoms with Crippen LogP contribution in [-0.2, 0) is 52.5 Å². The minimum absolute atomic E-state index is 0.227. The molecule has 0 aliphatic rings. The molecule has 6 nitrogen and oxygen atoms in total. The van der Waals surface area contributed by atoms with Gasteiger partial charge >= 0.3 is 75.7 Å². The third-order valence-corrected chi connectivity index (χ3v) is 9.06. The molecule has 0 amide bonds. The number of nitrogens with zero attached hydrogens (tertiary/aromatic N) is 2. The first-order valence-electron chi connectivity index (χ1n) is 18.0. The van der Waals surface area contributed by atoms with Gasteiger partial charge in [-0.15, -0.1) is 0 Å². The summed E-state index contributed by atoms with van der Waals surface area (Å²) >= 11 is -1.65. The first-order valence-corrected chi connectivity index (χ1v) is 30.6. The predicted molar refractivity (Wildman–Crippen MR) is 237 cm³/mol. The molecule has 0 saturated heterocycles. The molecule has 0 heterocycles. The fraction of sp³-hybridized carbons (Fsp3) is 0.174. The zero-order valence-corrected chi connectivity index (χ0v) is 41.1. The van der Waals surface area contributed by atoms with Gasteiger partial charge in [-0.25, -0.2) is 0 Å². The quantitative estimate of drug-likeness (QED) is 0.134. The van der Waals surface area contributed by atoms with Crippen molar-refractivity contribution >= 4 is 46.5 Å². The monoisotopic (exact) mass is 1010 g/mol. The third-order valence-electron chi connectivity index (χ3n) is 9.06. The van der Waals surface area contributed by atoms with E-state index in [9.17, 15) is 10.2 Å². The number of para-hydroxylation sites is 2. The zero-order valence-electron chi connectivity index (χ0n) is 33.1. The summed E-state index contributed by atoms with van der Waals surface area (Å²) in [6.07, 6.45) is 3.30. The molecule has 6 aromatic carbocycles. The van der Waals surface area contributed by atoms with E-state index in [1.165, 1.54) is 0 Å². The summed E-state index contributed by atoms with van der Waals surface area (Å²) in [6, 6.07) is 46.9. The number of hydrogen-bond acceptors (Lipinski definition) is 6. The van der Waals surface area contributed by atoms with E-state index in [0.717, 1.165) is 33.8 Å². The van der Waals surface area contributed by atoms with Crippen LogP contribution in [0.5, 0.6) is 34.5 Å². The molecule has 0 aliphatic heterocycles. The molecule has 58 heavy (non-hydrogen) atoms. The number of rotatable bonds is 10. The van der Waals surface area contributed by atoms with E-state index in [-0.39, 0.29) is 11.5 Å². The van der Waals surface area contributed by atoms with E-state index in [4.69, 9.17) is 43.5 Å². The summed E-state index contributed by atoms with van der Waals surface area (Å²) in [7, 11) is 23.1. The topological polar surface area (TPSA) is 83.6 Å². The maximum absolute atomic E-state index is 10.9. The predicted octanol–water partition coefficient (Wildman–Crippen LogP) is 13.9. The number of aliphatic imine (C=N–C) groups is 2. The van der Waals surface area contributed by atoms with Crippen LogP contribution in [0.2, 0.25) is 0 Å². The van der Waals surface area contributed by atoms with Crippen LogP contribution in [0.3, 0.4) is 0 Å².